The Hall–Kier alpha value is -1.82. The maximum Gasteiger partial charge on any atom is 0.194 e. The lowest BCUT2D eigenvalue weighted by Crippen LogP contribution is -2.38. The van der Waals surface area contributed by atoms with Crippen LogP contribution in [0.25, 0.3) is 0 Å². The van der Waals surface area contributed by atoms with Crippen LogP contribution in [0.3, 0.4) is 0 Å². The van der Waals surface area contributed by atoms with E-state index < -0.39 is 0 Å². The Balaban J connectivity index is 2.04. The molecule has 2 aromatic heterocycles. The number of nitrogens with one attached hydrogen (secondary N) is 1. The second-order valence-corrected chi connectivity index (χ2v) is 6.17. The molecular weight excluding hydrogens is 294 g/mol. The summed E-state index contributed by atoms with van der Waals surface area (Å²) in [6.45, 7) is 6.52. The van der Waals surface area contributed by atoms with Crippen molar-refractivity contribution in [2.45, 2.75) is 33.4 Å². The Morgan fingerprint density at radius 2 is 2.27 bits per heavy atom. The van der Waals surface area contributed by atoms with E-state index in [9.17, 15) is 0 Å². The minimum absolute atomic E-state index is 0.621. The summed E-state index contributed by atoms with van der Waals surface area (Å²) >= 11 is 1.71. The fourth-order valence-corrected chi connectivity index (χ4v) is 2.92. The molecule has 0 amide bonds. The van der Waals surface area contributed by atoms with Gasteiger partial charge in [0.15, 0.2) is 5.96 Å². The largest absolute Gasteiger partial charge is 0.357 e. The summed E-state index contributed by atoms with van der Waals surface area (Å²) in [5, 5.41) is 6.62. The van der Waals surface area contributed by atoms with Gasteiger partial charge in [-0.2, -0.15) is 0 Å². The van der Waals surface area contributed by atoms with Crippen molar-refractivity contribution < 1.29 is 0 Å². The van der Waals surface area contributed by atoms with Gasteiger partial charge < -0.3 is 14.8 Å². The predicted octanol–water partition coefficient (Wildman–Crippen LogP) is 2.64. The first kappa shape index (κ1) is 16.5. The lowest BCUT2D eigenvalue weighted by molar-refractivity contribution is 0.461. The zero-order valence-electron chi connectivity index (χ0n) is 13.8. The van der Waals surface area contributed by atoms with Crippen molar-refractivity contribution in [1.29, 1.82) is 0 Å². The first-order chi connectivity index (χ1) is 10.6. The number of aromatic nitrogens is 2. The van der Waals surface area contributed by atoms with E-state index in [0.717, 1.165) is 31.2 Å². The molecule has 120 valence electrons. The number of thiazole rings is 1. The first-order valence-electron chi connectivity index (χ1n) is 7.67. The average molecular weight is 319 g/mol. The molecule has 5 nitrogen and oxygen atoms in total. The van der Waals surface area contributed by atoms with E-state index in [4.69, 9.17) is 4.99 Å². The first-order valence-corrected chi connectivity index (χ1v) is 8.55. The third-order valence-electron chi connectivity index (χ3n) is 3.44. The summed E-state index contributed by atoms with van der Waals surface area (Å²) in [6, 6.07) is 4.20. The normalized spacial score (nSPS) is 11.7. The number of rotatable bonds is 6. The summed E-state index contributed by atoms with van der Waals surface area (Å²) in [5.41, 5.74) is 2.31. The van der Waals surface area contributed by atoms with Gasteiger partial charge in [-0.25, -0.2) is 9.98 Å². The van der Waals surface area contributed by atoms with Crippen LogP contribution in [0.1, 0.15) is 30.2 Å². The van der Waals surface area contributed by atoms with Gasteiger partial charge in [0.25, 0.3) is 0 Å². The molecule has 0 spiro atoms. The van der Waals surface area contributed by atoms with E-state index in [1.807, 2.05) is 0 Å². The minimum atomic E-state index is 0.621. The second-order valence-electron chi connectivity index (χ2n) is 5.22. The van der Waals surface area contributed by atoms with Crippen molar-refractivity contribution in [3.8, 4) is 0 Å². The van der Waals surface area contributed by atoms with Crippen molar-refractivity contribution in [3.63, 3.8) is 0 Å². The Bertz CT molecular complexity index is 614. The standard InChI is InChI=1S/C16H25N5S/c1-5-15-19-13(12-22-15)10-18-16(17-6-2)21(4)11-14-8-7-9-20(14)3/h7-9,12H,5-6,10-11H2,1-4H3,(H,17,18). The monoisotopic (exact) mass is 319 g/mol. The van der Waals surface area contributed by atoms with E-state index >= 15 is 0 Å². The van der Waals surface area contributed by atoms with Crippen LogP contribution in [0.4, 0.5) is 0 Å². The SMILES string of the molecule is CCNC(=NCc1csc(CC)n1)N(C)Cc1cccn1C. The van der Waals surface area contributed by atoms with E-state index in [1.54, 1.807) is 11.3 Å². The van der Waals surface area contributed by atoms with Gasteiger partial charge in [-0.15, -0.1) is 11.3 Å². The van der Waals surface area contributed by atoms with Crippen LogP contribution >= 0.6 is 11.3 Å². The average Bonchev–Trinajstić information content (AvgIpc) is 3.13. The molecule has 6 heteroatoms. The highest BCUT2D eigenvalue weighted by Gasteiger charge is 2.08. The highest BCUT2D eigenvalue weighted by atomic mass is 32.1. The maximum absolute atomic E-state index is 4.71. The molecule has 0 atom stereocenters. The van der Waals surface area contributed by atoms with Gasteiger partial charge in [0.05, 0.1) is 23.8 Å². The highest BCUT2D eigenvalue weighted by Crippen LogP contribution is 2.11. The number of aliphatic imine (C=N–C) groups is 1. The Kier molecular flexibility index (Phi) is 6.00. The molecule has 2 rings (SSSR count). The maximum atomic E-state index is 4.71. The van der Waals surface area contributed by atoms with Crippen LogP contribution in [0.15, 0.2) is 28.7 Å². The summed E-state index contributed by atoms with van der Waals surface area (Å²) in [5.74, 6) is 0.912. The van der Waals surface area contributed by atoms with E-state index in [0.29, 0.717) is 6.54 Å². The molecule has 22 heavy (non-hydrogen) atoms. The number of hydrogen-bond donors (Lipinski definition) is 1. The Morgan fingerprint density at radius 1 is 1.45 bits per heavy atom. The van der Waals surface area contributed by atoms with Crippen molar-refractivity contribution in [3.05, 3.63) is 40.1 Å². The quantitative estimate of drug-likeness (QED) is 0.658. The van der Waals surface area contributed by atoms with Gasteiger partial charge in [0.1, 0.15) is 0 Å². The molecule has 0 aliphatic rings. The topological polar surface area (TPSA) is 45.5 Å². The molecule has 0 saturated heterocycles. The molecule has 0 fully saturated rings. The zero-order chi connectivity index (χ0) is 15.9. The zero-order valence-corrected chi connectivity index (χ0v) is 14.7. The summed E-state index contributed by atoms with van der Waals surface area (Å²) in [7, 11) is 4.13. The van der Waals surface area contributed by atoms with Gasteiger partial charge >= 0.3 is 0 Å². The van der Waals surface area contributed by atoms with E-state index in [-0.39, 0.29) is 0 Å². The molecule has 0 unspecified atom stereocenters. The number of aryl methyl sites for hydroxylation is 2. The van der Waals surface area contributed by atoms with Crippen LogP contribution in [0, 0.1) is 0 Å². The number of nitrogens with zero attached hydrogens (tertiary/aromatic N) is 4. The summed E-state index contributed by atoms with van der Waals surface area (Å²) < 4.78 is 2.13. The third kappa shape index (κ3) is 4.34. The molecule has 0 aliphatic carbocycles. The minimum Gasteiger partial charge on any atom is -0.357 e. The molecule has 2 heterocycles. The lowest BCUT2D eigenvalue weighted by Gasteiger charge is -2.22. The molecule has 0 aromatic carbocycles. The van der Waals surface area contributed by atoms with Crippen LogP contribution in [-0.2, 0) is 26.6 Å². The second kappa shape index (κ2) is 7.98. The van der Waals surface area contributed by atoms with E-state index in [1.165, 1.54) is 10.7 Å². The summed E-state index contributed by atoms with van der Waals surface area (Å²) in [4.78, 5) is 11.4. The molecule has 0 aliphatic heterocycles. The molecule has 0 bridgehead atoms. The van der Waals surface area contributed by atoms with Crippen molar-refractivity contribution >= 4 is 17.3 Å². The lowest BCUT2D eigenvalue weighted by atomic mass is 10.4. The summed E-state index contributed by atoms with van der Waals surface area (Å²) in [6.07, 6.45) is 3.05. The van der Waals surface area contributed by atoms with Gasteiger partial charge in [-0.3, -0.25) is 0 Å². The molecule has 1 N–H and O–H groups in total. The van der Waals surface area contributed by atoms with Crippen LogP contribution in [0.5, 0.6) is 0 Å². The van der Waals surface area contributed by atoms with Crippen molar-refractivity contribution in [2.24, 2.45) is 12.0 Å². The van der Waals surface area contributed by atoms with Gasteiger partial charge in [-0.05, 0) is 25.5 Å². The van der Waals surface area contributed by atoms with Crippen molar-refractivity contribution in [2.75, 3.05) is 13.6 Å². The Morgan fingerprint density at radius 3 is 2.86 bits per heavy atom. The highest BCUT2D eigenvalue weighted by molar-refractivity contribution is 7.09. The van der Waals surface area contributed by atoms with Crippen molar-refractivity contribution in [1.82, 2.24) is 19.8 Å². The fraction of sp³-hybridized carbons (Fsp3) is 0.500. The van der Waals surface area contributed by atoms with Gasteiger partial charge in [0.2, 0.25) is 0 Å². The molecule has 2 aromatic rings. The molecule has 0 radical (unpaired) electrons. The smallest absolute Gasteiger partial charge is 0.194 e. The molecular formula is C16H25N5S. The third-order valence-corrected chi connectivity index (χ3v) is 4.48. The van der Waals surface area contributed by atoms with Crippen LogP contribution in [0.2, 0.25) is 0 Å². The molecule has 0 saturated carbocycles. The van der Waals surface area contributed by atoms with Gasteiger partial charge in [-0.1, -0.05) is 6.92 Å². The Labute approximate surface area is 136 Å². The van der Waals surface area contributed by atoms with Gasteiger partial charge in [0, 0.05) is 37.9 Å². The predicted molar refractivity (Wildman–Crippen MR) is 93.2 cm³/mol. The number of guanidine groups is 1. The van der Waals surface area contributed by atoms with Crippen LogP contribution in [-0.4, -0.2) is 34.0 Å². The van der Waals surface area contributed by atoms with E-state index in [2.05, 4.69) is 71.4 Å². The fourth-order valence-electron chi connectivity index (χ4n) is 2.19. The number of hydrogen-bond acceptors (Lipinski definition) is 3. The van der Waals surface area contributed by atoms with Crippen LogP contribution < -0.4 is 5.32 Å².